The lowest BCUT2D eigenvalue weighted by atomic mass is 10.5. The van der Waals surface area contributed by atoms with Crippen LogP contribution in [0.2, 0.25) is 0 Å². The number of nitrogens with one attached hydrogen (secondary N) is 1. The van der Waals surface area contributed by atoms with Gasteiger partial charge in [0.25, 0.3) is 0 Å². The summed E-state index contributed by atoms with van der Waals surface area (Å²) in [5.74, 6) is 0. The molecule has 1 rings (SSSR count). The third-order valence-electron chi connectivity index (χ3n) is 0.570. The zero-order valence-corrected chi connectivity index (χ0v) is 4.09. The van der Waals surface area contributed by atoms with E-state index in [1.165, 1.54) is 0 Å². The van der Waals surface area contributed by atoms with Crippen LogP contribution >= 0.6 is 11.9 Å². The first-order valence-electron chi connectivity index (χ1n) is 1.72. The van der Waals surface area contributed by atoms with Gasteiger partial charge < -0.3 is 5.73 Å². The minimum atomic E-state index is 0.838. The van der Waals surface area contributed by atoms with Crippen molar-refractivity contribution in [3.63, 3.8) is 0 Å². The van der Waals surface area contributed by atoms with E-state index >= 15 is 0 Å². The number of nitrogens with two attached hydrogens (primary N) is 1. The molecular weight excluding hydrogens is 96.1 g/mol. The highest BCUT2D eigenvalue weighted by molar-refractivity contribution is 8.00. The second-order valence-electron chi connectivity index (χ2n) is 1.13. The van der Waals surface area contributed by atoms with Crippen molar-refractivity contribution in [2.75, 3.05) is 6.54 Å². The van der Waals surface area contributed by atoms with E-state index in [0.717, 1.165) is 12.2 Å². The van der Waals surface area contributed by atoms with Crippen LogP contribution in [0.25, 0.3) is 0 Å². The molecule has 0 radical (unpaired) electrons. The van der Waals surface area contributed by atoms with Crippen LogP contribution in [-0.4, -0.2) is 6.54 Å². The molecule has 0 spiro atoms. The highest BCUT2D eigenvalue weighted by Gasteiger charge is 1.94. The van der Waals surface area contributed by atoms with Gasteiger partial charge in [-0.15, -0.1) is 0 Å². The predicted octanol–water partition coefficient (Wildman–Crippen LogP) is 0.0379. The van der Waals surface area contributed by atoms with Crippen LogP contribution in [0, 0.1) is 0 Å². The minimum absolute atomic E-state index is 0.838. The van der Waals surface area contributed by atoms with Gasteiger partial charge in [-0.05, 0) is 0 Å². The fourth-order valence-electron chi connectivity index (χ4n) is 0.284. The van der Waals surface area contributed by atoms with Gasteiger partial charge in [0.05, 0.1) is 0 Å². The average Bonchev–Trinajstić information content (AvgIpc) is 1.86. The highest BCUT2D eigenvalue weighted by Crippen LogP contribution is 2.04. The van der Waals surface area contributed by atoms with E-state index in [4.69, 9.17) is 5.73 Å². The maximum atomic E-state index is 5.31. The van der Waals surface area contributed by atoms with Crippen LogP contribution in [-0.2, 0) is 0 Å². The first-order valence-corrected chi connectivity index (χ1v) is 2.60. The molecule has 0 aromatic carbocycles. The molecule has 0 unspecified atom stereocenters. The SMILES string of the molecule is NC1=CSNC1. The predicted molar refractivity (Wildman–Crippen MR) is 27.9 cm³/mol. The van der Waals surface area contributed by atoms with Gasteiger partial charge >= 0.3 is 0 Å². The smallest absolute Gasteiger partial charge is 0.0464 e. The maximum absolute atomic E-state index is 5.31. The Morgan fingerprint density at radius 2 is 2.83 bits per heavy atom. The van der Waals surface area contributed by atoms with Gasteiger partial charge in [-0.1, -0.05) is 11.9 Å². The molecule has 0 fully saturated rings. The van der Waals surface area contributed by atoms with E-state index in [2.05, 4.69) is 4.72 Å². The summed E-state index contributed by atoms with van der Waals surface area (Å²) in [6.07, 6.45) is 0. The van der Waals surface area contributed by atoms with Gasteiger partial charge in [-0.25, -0.2) is 0 Å². The van der Waals surface area contributed by atoms with Crippen LogP contribution in [0.4, 0.5) is 0 Å². The van der Waals surface area contributed by atoms with E-state index in [9.17, 15) is 0 Å². The van der Waals surface area contributed by atoms with Crippen molar-refractivity contribution in [3.8, 4) is 0 Å². The molecule has 0 aromatic rings. The van der Waals surface area contributed by atoms with Crippen LogP contribution in [0.3, 0.4) is 0 Å². The number of rotatable bonds is 0. The first kappa shape index (κ1) is 4.02. The van der Waals surface area contributed by atoms with Gasteiger partial charge in [0.15, 0.2) is 0 Å². The van der Waals surface area contributed by atoms with E-state index in [-0.39, 0.29) is 0 Å². The largest absolute Gasteiger partial charge is 0.401 e. The Bertz CT molecular complexity index is 78.9. The Balaban J connectivity index is 2.45. The lowest BCUT2D eigenvalue weighted by Crippen LogP contribution is -2.06. The lowest BCUT2D eigenvalue weighted by Gasteiger charge is -1.82. The Labute approximate surface area is 40.9 Å². The Morgan fingerprint density at radius 3 is 3.00 bits per heavy atom. The molecule has 1 aliphatic heterocycles. The summed E-state index contributed by atoms with van der Waals surface area (Å²) in [6.45, 7) is 0.838. The molecule has 6 heavy (non-hydrogen) atoms. The normalized spacial score (nSPS) is 21.0. The summed E-state index contributed by atoms with van der Waals surface area (Å²) in [5.41, 5.74) is 6.24. The Kier molecular flexibility index (Phi) is 1.03. The zero-order valence-electron chi connectivity index (χ0n) is 3.27. The van der Waals surface area contributed by atoms with Gasteiger partial charge in [0.2, 0.25) is 0 Å². The Morgan fingerprint density at radius 1 is 2.00 bits per heavy atom. The van der Waals surface area contributed by atoms with Crippen molar-refractivity contribution in [2.45, 2.75) is 0 Å². The van der Waals surface area contributed by atoms with Crippen molar-refractivity contribution in [3.05, 3.63) is 11.1 Å². The maximum Gasteiger partial charge on any atom is 0.0464 e. The summed E-state index contributed by atoms with van der Waals surface area (Å²) in [5, 5.41) is 1.90. The molecule has 0 bridgehead atoms. The Hall–Kier alpha value is -0.150. The van der Waals surface area contributed by atoms with E-state index in [1.54, 1.807) is 11.9 Å². The molecule has 3 N–H and O–H groups in total. The summed E-state index contributed by atoms with van der Waals surface area (Å²) in [4.78, 5) is 0. The second-order valence-corrected chi connectivity index (χ2v) is 1.89. The molecule has 0 aromatic heterocycles. The average molecular weight is 102 g/mol. The molecule has 2 nitrogen and oxygen atoms in total. The number of hydrogen-bond acceptors (Lipinski definition) is 3. The van der Waals surface area contributed by atoms with Crippen molar-refractivity contribution in [1.82, 2.24) is 4.72 Å². The third kappa shape index (κ3) is 0.666. The molecule has 1 aliphatic rings. The van der Waals surface area contributed by atoms with Crippen LogP contribution in [0.5, 0.6) is 0 Å². The minimum Gasteiger partial charge on any atom is -0.401 e. The van der Waals surface area contributed by atoms with Gasteiger partial charge in [0.1, 0.15) is 0 Å². The van der Waals surface area contributed by atoms with Crippen molar-refractivity contribution in [1.29, 1.82) is 0 Å². The quantitative estimate of drug-likeness (QED) is 0.424. The molecule has 3 heteroatoms. The van der Waals surface area contributed by atoms with Crippen molar-refractivity contribution in [2.24, 2.45) is 5.73 Å². The molecule has 34 valence electrons. The van der Waals surface area contributed by atoms with Crippen LogP contribution < -0.4 is 10.5 Å². The van der Waals surface area contributed by atoms with Crippen LogP contribution in [0.1, 0.15) is 0 Å². The third-order valence-corrected chi connectivity index (χ3v) is 1.30. The molecule has 0 saturated heterocycles. The molecular formula is C3H6N2S. The molecule has 0 amide bonds. The molecule has 0 aliphatic carbocycles. The summed E-state index contributed by atoms with van der Waals surface area (Å²) in [6, 6.07) is 0. The fourth-order valence-corrected chi connectivity index (χ4v) is 0.852. The summed E-state index contributed by atoms with van der Waals surface area (Å²) < 4.78 is 2.97. The van der Waals surface area contributed by atoms with Crippen LogP contribution in [0.15, 0.2) is 11.1 Å². The van der Waals surface area contributed by atoms with Crippen molar-refractivity contribution < 1.29 is 0 Å². The number of hydrogen-bond donors (Lipinski definition) is 2. The molecule has 0 saturated carbocycles. The van der Waals surface area contributed by atoms with Crippen molar-refractivity contribution >= 4 is 11.9 Å². The topological polar surface area (TPSA) is 38.0 Å². The fraction of sp³-hybridized carbons (Fsp3) is 0.333. The van der Waals surface area contributed by atoms with E-state index < -0.39 is 0 Å². The lowest BCUT2D eigenvalue weighted by molar-refractivity contribution is 1.06. The zero-order chi connectivity index (χ0) is 4.41. The van der Waals surface area contributed by atoms with E-state index in [1.807, 2.05) is 5.41 Å². The van der Waals surface area contributed by atoms with E-state index in [0.29, 0.717) is 0 Å². The highest BCUT2D eigenvalue weighted by atomic mass is 32.2. The summed E-state index contributed by atoms with van der Waals surface area (Å²) in [7, 11) is 0. The summed E-state index contributed by atoms with van der Waals surface area (Å²) >= 11 is 1.55. The molecule has 1 heterocycles. The standard InChI is InChI=1S/C3H6N2S/c4-3-1-5-6-2-3/h2,5H,1,4H2. The first-order chi connectivity index (χ1) is 2.89. The monoisotopic (exact) mass is 102 g/mol. The second kappa shape index (κ2) is 1.53. The van der Waals surface area contributed by atoms with Gasteiger partial charge in [0, 0.05) is 17.6 Å². The van der Waals surface area contributed by atoms with Gasteiger partial charge in [-0.2, -0.15) is 0 Å². The molecule has 0 atom stereocenters. The van der Waals surface area contributed by atoms with Gasteiger partial charge in [-0.3, -0.25) is 4.72 Å².